The Bertz CT molecular complexity index is 513. The molecule has 2 aliphatic carbocycles. The standard InChI is InChI=1S/C16H26N4O/c1-5-17-13-9-14(20-15(19-13)10-6-7-10)18-11-8-12(21-4)16(11,2)3/h9-12H,5-8H2,1-4H3,(H2,17,18,19,20). The molecule has 2 saturated carbocycles. The summed E-state index contributed by atoms with van der Waals surface area (Å²) in [5, 5.41) is 6.89. The molecule has 2 unspecified atom stereocenters. The van der Waals surface area contributed by atoms with E-state index in [0.29, 0.717) is 18.1 Å². The van der Waals surface area contributed by atoms with Crippen LogP contribution in [0.15, 0.2) is 6.07 Å². The molecular weight excluding hydrogens is 264 g/mol. The zero-order valence-electron chi connectivity index (χ0n) is 13.4. The highest BCUT2D eigenvalue weighted by Crippen LogP contribution is 2.44. The Hall–Kier alpha value is -1.36. The summed E-state index contributed by atoms with van der Waals surface area (Å²) in [6.07, 6.45) is 3.79. The lowest BCUT2D eigenvalue weighted by atomic mass is 9.64. The van der Waals surface area contributed by atoms with Crippen LogP contribution < -0.4 is 10.6 Å². The summed E-state index contributed by atoms with van der Waals surface area (Å²) in [6, 6.07) is 2.42. The van der Waals surface area contributed by atoms with Crippen LogP contribution in [0.1, 0.15) is 51.8 Å². The molecule has 0 saturated heterocycles. The van der Waals surface area contributed by atoms with E-state index >= 15 is 0 Å². The average molecular weight is 290 g/mol. The van der Waals surface area contributed by atoms with Crippen LogP contribution in [0.4, 0.5) is 11.6 Å². The summed E-state index contributed by atoms with van der Waals surface area (Å²) >= 11 is 0. The van der Waals surface area contributed by atoms with Crippen LogP contribution in [0.5, 0.6) is 0 Å². The number of rotatable bonds is 6. The Kier molecular flexibility index (Phi) is 3.78. The van der Waals surface area contributed by atoms with Crippen molar-refractivity contribution in [1.82, 2.24) is 9.97 Å². The van der Waals surface area contributed by atoms with Crippen molar-refractivity contribution < 1.29 is 4.74 Å². The van der Waals surface area contributed by atoms with E-state index in [1.165, 1.54) is 12.8 Å². The Balaban J connectivity index is 1.75. The first-order valence-corrected chi connectivity index (χ1v) is 7.96. The smallest absolute Gasteiger partial charge is 0.136 e. The minimum atomic E-state index is 0.137. The van der Waals surface area contributed by atoms with Crippen molar-refractivity contribution in [3.8, 4) is 0 Å². The molecular formula is C16H26N4O. The Labute approximate surface area is 126 Å². The third-order valence-electron chi connectivity index (χ3n) is 4.83. The maximum absolute atomic E-state index is 5.52. The van der Waals surface area contributed by atoms with Crippen molar-refractivity contribution in [3.05, 3.63) is 11.9 Å². The van der Waals surface area contributed by atoms with E-state index in [1.54, 1.807) is 7.11 Å². The summed E-state index contributed by atoms with van der Waals surface area (Å²) in [5.41, 5.74) is 0.137. The van der Waals surface area contributed by atoms with E-state index in [4.69, 9.17) is 9.72 Å². The lowest BCUT2D eigenvalue weighted by Crippen LogP contribution is -2.57. The molecule has 0 amide bonds. The van der Waals surface area contributed by atoms with E-state index in [1.807, 2.05) is 6.07 Å². The monoisotopic (exact) mass is 290 g/mol. The molecule has 0 bridgehead atoms. The van der Waals surface area contributed by atoms with Crippen LogP contribution in [0, 0.1) is 5.41 Å². The molecule has 0 spiro atoms. The first-order chi connectivity index (χ1) is 10.0. The number of anilines is 2. The van der Waals surface area contributed by atoms with Gasteiger partial charge in [0.2, 0.25) is 0 Å². The van der Waals surface area contributed by atoms with Crippen LogP contribution in [-0.2, 0) is 4.74 Å². The van der Waals surface area contributed by atoms with Crippen LogP contribution >= 0.6 is 0 Å². The topological polar surface area (TPSA) is 59.1 Å². The SMILES string of the molecule is CCNc1cc(NC2CC(OC)C2(C)C)nc(C2CC2)n1. The molecule has 0 aliphatic heterocycles. The van der Waals surface area contributed by atoms with Gasteiger partial charge < -0.3 is 15.4 Å². The quantitative estimate of drug-likeness (QED) is 0.843. The Morgan fingerprint density at radius 3 is 2.57 bits per heavy atom. The lowest BCUT2D eigenvalue weighted by Gasteiger charge is -2.51. The fraction of sp³-hybridized carbons (Fsp3) is 0.750. The summed E-state index contributed by atoms with van der Waals surface area (Å²) in [5.74, 6) is 3.41. The molecule has 1 aromatic heterocycles. The van der Waals surface area contributed by atoms with E-state index in [2.05, 4.69) is 36.4 Å². The fourth-order valence-electron chi connectivity index (χ4n) is 3.04. The molecule has 2 N–H and O–H groups in total. The van der Waals surface area contributed by atoms with E-state index in [9.17, 15) is 0 Å². The van der Waals surface area contributed by atoms with Crippen LogP contribution in [-0.4, -0.2) is 35.8 Å². The number of ether oxygens (including phenoxy) is 1. The van der Waals surface area contributed by atoms with Gasteiger partial charge in [-0.25, -0.2) is 9.97 Å². The van der Waals surface area contributed by atoms with Gasteiger partial charge in [-0.2, -0.15) is 0 Å². The van der Waals surface area contributed by atoms with Crippen molar-refractivity contribution in [3.63, 3.8) is 0 Å². The van der Waals surface area contributed by atoms with Gasteiger partial charge in [0.05, 0.1) is 6.10 Å². The highest BCUT2D eigenvalue weighted by atomic mass is 16.5. The number of methoxy groups -OCH3 is 1. The predicted molar refractivity (Wildman–Crippen MR) is 84.8 cm³/mol. The minimum absolute atomic E-state index is 0.137. The molecule has 0 aromatic carbocycles. The fourth-order valence-corrected chi connectivity index (χ4v) is 3.04. The van der Waals surface area contributed by atoms with Gasteiger partial charge in [0.1, 0.15) is 17.5 Å². The molecule has 5 heteroatoms. The predicted octanol–water partition coefficient (Wildman–Crippen LogP) is 3.01. The van der Waals surface area contributed by atoms with Crippen molar-refractivity contribution in [2.75, 3.05) is 24.3 Å². The molecule has 2 fully saturated rings. The zero-order chi connectivity index (χ0) is 15.0. The van der Waals surface area contributed by atoms with Crippen LogP contribution in [0.25, 0.3) is 0 Å². The van der Waals surface area contributed by atoms with Gasteiger partial charge in [-0.3, -0.25) is 0 Å². The lowest BCUT2D eigenvalue weighted by molar-refractivity contribution is -0.0795. The van der Waals surface area contributed by atoms with Gasteiger partial charge in [-0.15, -0.1) is 0 Å². The highest BCUT2D eigenvalue weighted by molar-refractivity contribution is 5.49. The second kappa shape index (κ2) is 5.44. The van der Waals surface area contributed by atoms with Crippen molar-refractivity contribution in [1.29, 1.82) is 0 Å². The number of aromatic nitrogens is 2. The molecule has 3 rings (SSSR count). The number of hydrogen-bond acceptors (Lipinski definition) is 5. The Morgan fingerprint density at radius 2 is 2.00 bits per heavy atom. The van der Waals surface area contributed by atoms with Crippen LogP contribution in [0.2, 0.25) is 0 Å². The normalized spacial score (nSPS) is 27.0. The minimum Gasteiger partial charge on any atom is -0.381 e. The molecule has 0 radical (unpaired) electrons. The maximum atomic E-state index is 5.52. The highest BCUT2D eigenvalue weighted by Gasteiger charge is 2.48. The number of nitrogens with zero attached hydrogens (tertiary/aromatic N) is 2. The first kappa shape index (κ1) is 14.6. The van der Waals surface area contributed by atoms with E-state index in [0.717, 1.165) is 30.4 Å². The molecule has 116 valence electrons. The third kappa shape index (κ3) is 2.84. The molecule has 2 aliphatic rings. The van der Waals surface area contributed by atoms with Crippen molar-refractivity contribution in [2.24, 2.45) is 5.41 Å². The van der Waals surface area contributed by atoms with Gasteiger partial charge >= 0.3 is 0 Å². The second-order valence-electron chi connectivity index (χ2n) is 6.78. The van der Waals surface area contributed by atoms with Gasteiger partial charge in [0.25, 0.3) is 0 Å². The van der Waals surface area contributed by atoms with Gasteiger partial charge in [0, 0.05) is 37.1 Å². The summed E-state index contributed by atoms with van der Waals surface area (Å²) in [6.45, 7) is 7.46. The molecule has 2 atom stereocenters. The first-order valence-electron chi connectivity index (χ1n) is 7.96. The van der Waals surface area contributed by atoms with Crippen LogP contribution in [0.3, 0.4) is 0 Å². The number of nitrogens with one attached hydrogen (secondary N) is 2. The molecule has 1 heterocycles. The van der Waals surface area contributed by atoms with Gasteiger partial charge in [-0.1, -0.05) is 13.8 Å². The van der Waals surface area contributed by atoms with E-state index in [-0.39, 0.29) is 5.41 Å². The average Bonchev–Trinajstić information content (AvgIpc) is 3.27. The largest absolute Gasteiger partial charge is 0.381 e. The van der Waals surface area contributed by atoms with Crippen molar-refractivity contribution >= 4 is 11.6 Å². The second-order valence-corrected chi connectivity index (χ2v) is 6.78. The maximum Gasteiger partial charge on any atom is 0.136 e. The summed E-state index contributed by atoms with van der Waals surface area (Å²) in [4.78, 5) is 9.33. The third-order valence-corrected chi connectivity index (χ3v) is 4.83. The van der Waals surface area contributed by atoms with Gasteiger partial charge in [0.15, 0.2) is 0 Å². The van der Waals surface area contributed by atoms with E-state index < -0.39 is 0 Å². The summed E-state index contributed by atoms with van der Waals surface area (Å²) in [7, 11) is 1.79. The molecule has 1 aromatic rings. The van der Waals surface area contributed by atoms with Crippen molar-refractivity contribution in [2.45, 2.75) is 58.1 Å². The summed E-state index contributed by atoms with van der Waals surface area (Å²) < 4.78 is 5.52. The molecule has 5 nitrogen and oxygen atoms in total. The Morgan fingerprint density at radius 1 is 1.29 bits per heavy atom. The number of hydrogen-bond donors (Lipinski definition) is 2. The van der Waals surface area contributed by atoms with Gasteiger partial charge in [-0.05, 0) is 26.2 Å². The zero-order valence-corrected chi connectivity index (χ0v) is 13.4. The molecule has 21 heavy (non-hydrogen) atoms.